The molecule has 2 bridgehead atoms. The molecule has 0 N–H and O–H groups in total. The van der Waals surface area contributed by atoms with Crippen LogP contribution in [0.1, 0.15) is 65.2 Å². The monoisotopic (exact) mass is 466 g/mol. The van der Waals surface area contributed by atoms with Crippen LogP contribution in [-0.4, -0.2) is 40.5 Å². The summed E-state index contributed by atoms with van der Waals surface area (Å²) >= 11 is 0. The molecule has 35 heavy (non-hydrogen) atoms. The number of amides is 1. The van der Waals surface area contributed by atoms with Gasteiger partial charge in [-0.2, -0.15) is 0 Å². The van der Waals surface area contributed by atoms with Gasteiger partial charge in [-0.25, -0.2) is 4.79 Å². The van der Waals surface area contributed by atoms with E-state index in [1.54, 1.807) is 6.20 Å². The third kappa shape index (κ3) is 3.93. The standard InChI is InChI=1S/C30H30N2O3/c1-19-13-14-31-28(15-19)29(33)20-16-21-7-6-8-22(17-20)32(21)30(34)35-18-27-25-11-4-2-9-23(25)24-10-3-5-12-26(24)27/h2-5,9-15,20-22,27H,6-8,16-18H2,1H3. The van der Waals surface area contributed by atoms with Crippen molar-refractivity contribution in [3.8, 4) is 11.1 Å². The molecule has 1 amide bonds. The second-order valence-corrected chi connectivity index (χ2v) is 10.2. The summed E-state index contributed by atoms with van der Waals surface area (Å²) in [6.07, 6.45) is 5.78. The van der Waals surface area contributed by atoms with Crippen LogP contribution in [0, 0.1) is 12.8 Å². The molecule has 0 saturated carbocycles. The van der Waals surface area contributed by atoms with E-state index < -0.39 is 0 Å². The van der Waals surface area contributed by atoms with Crippen molar-refractivity contribution >= 4 is 11.9 Å². The zero-order chi connectivity index (χ0) is 23.9. The van der Waals surface area contributed by atoms with Crippen LogP contribution in [0.15, 0.2) is 66.9 Å². The second kappa shape index (κ2) is 8.95. The number of hydrogen-bond acceptors (Lipinski definition) is 4. The van der Waals surface area contributed by atoms with E-state index in [2.05, 4.69) is 53.5 Å². The molecule has 1 aliphatic carbocycles. The molecule has 3 aliphatic rings. The fourth-order valence-corrected chi connectivity index (χ4v) is 6.44. The first-order valence-corrected chi connectivity index (χ1v) is 12.7. The number of aromatic nitrogens is 1. The lowest BCUT2D eigenvalue weighted by Gasteiger charge is -2.47. The van der Waals surface area contributed by atoms with Crippen LogP contribution in [0.5, 0.6) is 0 Å². The zero-order valence-electron chi connectivity index (χ0n) is 20.0. The normalized spacial score (nSPS) is 22.9. The fourth-order valence-electron chi connectivity index (χ4n) is 6.44. The topological polar surface area (TPSA) is 59.5 Å². The Balaban J connectivity index is 1.17. The second-order valence-electron chi connectivity index (χ2n) is 10.2. The van der Waals surface area contributed by atoms with Crippen LogP contribution >= 0.6 is 0 Å². The Labute approximate surface area is 206 Å². The van der Waals surface area contributed by atoms with Crippen molar-refractivity contribution < 1.29 is 14.3 Å². The minimum absolute atomic E-state index is 0.0527. The van der Waals surface area contributed by atoms with Crippen molar-refractivity contribution in [1.82, 2.24) is 9.88 Å². The van der Waals surface area contributed by atoms with Crippen molar-refractivity contribution in [2.75, 3.05) is 6.61 Å². The van der Waals surface area contributed by atoms with Crippen molar-refractivity contribution in [3.05, 3.63) is 89.2 Å². The van der Waals surface area contributed by atoms with E-state index >= 15 is 0 Å². The number of ether oxygens (including phenoxy) is 1. The molecule has 5 heteroatoms. The van der Waals surface area contributed by atoms with E-state index in [0.717, 1.165) is 24.8 Å². The molecule has 2 aromatic carbocycles. The Hall–Kier alpha value is -3.47. The molecular formula is C30H30N2O3. The number of fused-ring (bicyclic) bond motifs is 5. The third-order valence-corrected chi connectivity index (χ3v) is 8.06. The number of nitrogens with zero attached hydrogens (tertiary/aromatic N) is 2. The van der Waals surface area contributed by atoms with E-state index in [9.17, 15) is 9.59 Å². The Morgan fingerprint density at radius 2 is 1.57 bits per heavy atom. The van der Waals surface area contributed by atoms with E-state index in [4.69, 9.17) is 4.74 Å². The van der Waals surface area contributed by atoms with E-state index in [-0.39, 0.29) is 35.8 Å². The number of carbonyl (C=O) groups excluding carboxylic acids is 2. The highest BCUT2D eigenvalue weighted by Gasteiger charge is 2.44. The maximum atomic E-state index is 13.4. The molecule has 2 fully saturated rings. The summed E-state index contributed by atoms with van der Waals surface area (Å²) in [4.78, 5) is 32.9. The SMILES string of the molecule is Cc1ccnc(C(=O)C2CC3CCCC(C2)N3C(=O)OCC2c3ccccc3-c3ccccc32)c1. The van der Waals surface area contributed by atoms with Crippen LogP contribution in [0.25, 0.3) is 11.1 Å². The first-order chi connectivity index (χ1) is 17.1. The van der Waals surface area contributed by atoms with Gasteiger partial charge in [-0.1, -0.05) is 48.5 Å². The van der Waals surface area contributed by atoms with Crippen molar-refractivity contribution in [3.63, 3.8) is 0 Å². The van der Waals surface area contributed by atoms with Gasteiger partial charge >= 0.3 is 6.09 Å². The van der Waals surface area contributed by atoms with Gasteiger partial charge in [0.1, 0.15) is 12.3 Å². The first-order valence-electron chi connectivity index (χ1n) is 12.7. The van der Waals surface area contributed by atoms with E-state index in [1.807, 2.05) is 24.0 Å². The van der Waals surface area contributed by atoms with Gasteiger partial charge in [-0.05, 0) is 79.0 Å². The minimum Gasteiger partial charge on any atom is -0.448 e. The van der Waals surface area contributed by atoms with Crippen LogP contribution in [0.2, 0.25) is 0 Å². The van der Waals surface area contributed by atoms with Crippen LogP contribution in [0.4, 0.5) is 4.79 Å². The Bertz CT molecular complexity index is 1230. The van der Waals surface area contributed by atoms with Crippen LogP contribution < -0.4 is 0 Å². The number of pyridine rings is 1. The lowest BCUT2D eigenvalue weighted by Crippen LogP contribution is -2.56. The number of Topliss-reactive ketones (excluding diaryl/α,β-unsaturated/α-hetero) is 1. The van der Waals surface area contributed by atoms with E-state index in [0.29, 0.717) is 25.1 Å². The molecule has 2 saturated heterocycles. The summed E-state index contributed by atoms with van der Waals surface area (Å²) < 4.78 is 6.00. The summed E-state index contributed by atoms with van der Waals surface area (Å²) in [6, 6.07) is 20.7. The summed E-state index contributed by atoms with van der Waals surface area (Å²) in [5.74, 6) is 0.0766. The summed E-state index contributed by atoms with van der Waals surface area (Å²) in [5, 5.41) is 0. The molecule has 5 nitrogen and oxygen atoms in total. The Kier molecular flexibility index (Phi) is 5.63. The molecule has 3 aromatic rings. The molecule has 1 aromatic heterocycles. The van der Waals surface area contributed by atoms with Gasteiger partial charge in [0.05, 0.1) is 0 Å². The number of piperidine rings is 2. The molecule has 2 unspecified atom stereocenters. The van der Waals surface area contributed by atoms with Crippen molar-refractivity contribution in [2.24, 2.45) is 5.92 Å². The first kappa shape index (κ1) is 22.0. The summed E-state index contributed by atoms with van der Waals surface area (Å²) in [7, 11) is 0. The quantitative estimate of drug-likeness (QED) is 0.433. The highest BCUT2D eigenvalue weighted by Crippen LogP contribution is 2.45. The average molecular weight is 467 g/mol. The predicted molar refractivity (Wildman–Crippen MR) is 134 cm³/mol. The maximum Gasteiger partial charge on any atom is 0.410 e. The maximum absolute atomic E-state index is 13.4. The number of carbonyl (C=O) groups is 2. The average Bonchev–Trinajstić information content (AvgIpc) is 3.20. The number of hydrogen-bond donors (Lipinski definition) is 0. The fraction of sp³-hybridized carbons (Fsp3) is 0.367. The third-order valence-electron chi connectivity index (χ3n) is 8.06. The zero-order valence-corrected chi connectivity index (χ0v) is 20.0. The van der Waals surface area contributed by atoms with Gasteiger partial charge < -0.3 is 9.64 Å². The summed E-state index contributed by atoms with van der Waals surface area (Å²) in [5.41, 5.74) is 6.48. The Morgan fingerprint density at radius 1 is 0.943 bits per heavy atom. The van der Waals surface area contributed by atoms with Crippen molar-refractivity contribution in [1.29, 1.82) is 0 Å². The predicted octanol–water partition coefficient (Wildman–Crippen LogP) is 6.15. The lowest BCUT2D eigenvalue weighted by atomic mass is 9.76. The molecule has 2 atom stereocenters. The largest absolute Gasteiger partial charge is 0.448 e. The van der Waals surface area contributed by atoms with E-state index in [1.165, 1.54) is 22.3 Å². The molecular weight excluding hydrogens is 436 g/mol. The molecule has 3 heterocycles. The molecule has 0 spiro atoms. The molecule has 2 aliphatic heterocycles. The smallest absolute Gasteiger partial charge is 0.410 e. The minimum atomic E-state index is -0.235. The molecule has 178 valence electrons. The van der Waals surface area contributed by atoms with Crippen LogP contribution in [-0.2, 0) is 4.74 Å². The number of rotatable bonds is 4. The Morgan fingerprint density at radius 3 is 2.20 bits per heavy atom. The van der Waals surface area contributed by atoms with Gasteiger partial charge in [0.25, 0.3) is 0 Å². The highest BCUT2D eigenvalue weighted by atomic mass is 16.6. The lowest BCUT2D eigenvalue weighted by molar-refractivity contribution is 0.00641. The van der Waals surface area contributed by atoms with Crippen molar-refractivity contribution in [2.45, 2.75) is 57.0 Å². The van der Waals surface area contributed by atoms with Crippen LogP contribution in [0.3, 0.4) is 0 Å². The number of ketones is 1. The molecule has 6 rings (SSSR count). The molecule has 0 radical (unpaired) electrons. The number of aryl methyl sites for hydroxylation is 1. The number of benzene rings is 2. The summed E-state index contributed by atoms with van der Waals surface area (Å²) in [6.45, 7) is 2.31. The van der Waals surface area contributed by atoms with Gasteiger partial charge in [-0.15, -0.1) is 0 Å². The van der Waals surface area contributed by atoms with Gasteiger partial charge in [0.2, 0.25) is 0 Å². The van der Waals surface area contributed by atoms with Gasteiger partial charge in [0.15, 0.2) is 5.78 Å². The van der Waals surface area contributed by atoms with Gasteiger partial charge in [0, 0.05) is 30.1 Å². The highest BCUT2D eigenvalue weighted by molar-refractivity contribution is 5.96. The van der Waals surface area contributed by atoms with Gasteiger partial charge in [-0.3, -0.25) is 9.78 Å².